The van der Waals surface area contributed by atoms with Crippen LogP contribution in [0.25, 0.3) is 11.5 Å². The first-order valence-corrected chi connectivity index (χ1v) is 8.40. The third-order valence-electron chi connectivity index (χ3n) is 3.75. The maximum atomic E-state index is 6.24. The highest BCUT2D eigenvalue weighted by molar-refractivity contribution is 6.31. The maximum Gasteiger partial charge on any atom is 0.247 e. The van der Waals surface area contributed by atoms with Crippen LogP contribution in [0.3, 0.4) is 0 Å². The molecule has 2 atom stereocenters. The molecule has 0 aliphatic rings. The van der Waals surface area contributed by atoms with Gasteiger partial charge in [-0.15, -0.1) is 10.2 Å². The van der Waals surface area contributed by atoms with E-state index in [1.54, 1.807) is 12.1 Å². The van der Waals surface area contributed by atoms with Gasteiger partial charge in [0.15, 0.2) is 0 Å². The summed E-state index contributed by atoms with van der Waals surface area (Å²) in [7, 11) is 0. The monoisotopic (exact) mass is 361 g/mol. The largest absolute Gasteiger partial charge is 0.419 e. The number of hydrogen-bond donors (Lipinski definition) is 1. The van der Waals surface area contributed by atoms with Crippen molar-refractivity contribution in [3.05, 3.63) is 70.0 Å². The van der Waals surface area contributed by atoms with E-state index in [2.05, 4.69) is 15.5 Å². The number of aromatic nitrogens is 2. The minimum Gasteiger partial charge on any atom is -0.419 e. The van der Waals surface area contributed by atoms with E-state index in [4.69, 9.17) is 27.6 Å². The van der Waals surface area contributed by atoms with Crippen LogP contribution in [0.2, 0.25) is 10.0 Å². The molecule has 124 valence electrons. The van der Waals surface area contributed by atoms with Gasteiger partial charge in [-0.3, -0.25) is 5.32 Å². The van der Waals surface area contributed by atoms with Crippen LogP contribution in [0.5, 0.6) is 0 Å². The van der Waals surface area contributed by atoms with Crippen LogP contribution in [0.1, 0.15) is 37.4 Å². The standard InChI is InChI=1S/C18H17Cl2N3O/c1-11(15-8-3-4-9-16(15)20)21-12(2)17-22-23-18(24-17)13-6-5-7-14(19)10-13/h3-12,21H,1-2H3/t11-,12+/m0/s1. The molecule has 0 saturated carbocycles. The van der Waals surface area contributed by atoms with Gasteiger partial charge in [-0.2, -0.15) is 0 Å². The van der Waals surface area contributed by atoms with Gasteiger partial charge in [0.25, 0.3) is 0 Å². The first kappa shape index (κ1) is 17.0. The Morgan fingerprint density at radius 1 is 0.958 bits per heavy atom. The SMILES string of the molecule is C[C@H](N[C@H](C)c1nnc(-c2cccc(Cl)c2)o1)c1ccccc1Cl. The van der Waals surface area contributed by atoms with Crippen molar-refractivity contribution in [3.63, 3.8) is 0 Å². The Balaban J connectivity index is 1.74. The van der Waals surface area contributed by atoms with Crippen molar-refractivity contribution >= 4 is 23.2 Å². The average Bonchev–Trinajstić information content (AvgIpc) is 3.05. The summed E-state index contributed by atoms with van der Waals surface area (Å²) < 4.78 is 5.78. The fourth-order valence-corrected chi connectivity index (χ4v) is 3.00. The number of hydrogen-bond acceptors (Lipinski definition) is 4. The van der Waals surface area contributed by atoms with Gasteiger partial charge >= 0.3 is 0 Å². The first-order chi connectivity index (χ1) is 11.5. The summed E-state index contributed by atoms with van der Waals surface area (Å²) in [6.07, 6.45) is 0. The van der Waals surface area contributed by atoms with Gasteiger partial charge in [-0.1, -0.05) is 47.5 Å². The zero-order chi connectivity index (χ0) is 17.1. The molecule has 0 amide bonds. The van der Waals surface area contributed by atoms with Crippen molar-refractivity contribution in [2.24, 2.45) is 0 Å². The Bertz CT molecular complexity index is 834. The normalized spacial score (nSPS) is 13.7. The predicted octanol–water partition coefficient (Wildman–Crippen LogP) is 5.46. The van der Waals surface area contributed by atoms with Crippen LogP contribution < -0.4 is 5.32 Å². The second-order valence-corrected chi connectivity index (χ2v) is 6.43. The van der Waals surface area contributed by atoms with Crippen LogP contribution in [-0.2, 0) is 0 Å². The second-order valence-electron chi connectivity index (χ2n) is 5.59. The fourth-order valence-electron chi connectivity index (χ4n) is 2.51. The lowest BCUT2D eigenvalue weighted by Gasteiger charge is -2.18. The van der Waals surface area contributed by atoms with Crippen LogP contribution in [0.4, 0.5) is 0 Å². The maximum absolute atomic E-state index is 6.24. The smallest absolute Gasteiger partial charge is 0.247 e. The molecular formula is C18H17Cl2N3O. The molecule has 0 spiro atoms. The molecule has 4 nitrogen and oxygen atoms in total. The van der Waals surface area contributed by atoms with Crippen LogP contribution in [-0.4, -0.2) is 10.2 Å². The van der Waals surface area contributed by atoms with E-state index in [1.165, 1.54) is 0 Å². The Kier molecular flexibility index (Phi) is 5.19. The van der Waals surface area contributed by atoms with Gasteiger partial charge in [0.05, 0.1) is 6.04 Å². The van der Waals surface area contributed by atoms with E-state index in [0.29, 0.717) is 16.8 Å². The third kappa shape index (κ3) is 3.78. The van der Waals surface area contributed by atoms with Crippen molar-refractivity contribution < 1.29 is 4.42 Å². The van der Waals surface area contributed by atoms with Crippen molar-refractivity contribution in [2.75, 3.05) is 0 Å². The van der Waals surface area contributed by atoms with E-state index in [9.17, 15) is 0 Å². The molecule has 0 aliphatic carbocycles. The lowest BCUT2D eigenvalue weighted by atomic mass is 10.1. The summed E-state index contributed by atoms with van der Waals surface area (Å²) in [5.74, 6) is 0.968. The summed E-state index contributed by atoms with van der Waals surface area (Å²) in [6.45, 7) is 4.02. The third-order valence-corrected chi connectivity index (χ3v) is 4.33. The van der Waals surface area contributed by atoms with Crippen LogP contribution >= 0.6 is 23.2 Å². The molecule has 3 rings (SSSR count). The molecule has 0 saturated heterocycles. The lowest BCUT2D eigenvalue weighted by molar-refractivity contribution is 0.395. The Morgan fingerprint density at radius 2 is 1.75 bits per heavy atom. The molecule has 24 heavy (non-hydrogen) atoms. The molecular weight excluding hydrogens is 345 g/mol. The number of halogens is 2. The summed E-state index contributed by atoms with van der Waals surface area (Å²) >= 11 is 12.2. The second kappa shape index (κ2) is 7.34. The zero-order valence-electron chi connectivity index (χ0n) is 13.3. The van der Waals surface area contributed by atoms with E-state index in [1.807, 2.05) is 50.2 Å². The summed E-state index contributed by atoms with van der Waals surface area (Å²) in [5.41, 5.74) is 1.83. The van der Waals surface area contributed by atoms with Crippen molar-refractivity contribution in [1.29, 1.82) is 0 Å². The van der Waals surface area contributed by atoms with Crippen molar-refractivity contribution in [3.8, 4) is 11.5 Å². The number of benzene rings is 2. The summed E-state index contributed by atoms with van der Waals surface area (Å²) in [5, 5.41) is 13.0. The van der Waals surface area contributed by atoms with Gasteiger partial charge < -0.3 is 4.42 Å². The van der Waals surface area contributed by atoms with Gasteiger partial charge in [-0.05, 0) is 43.7 Å². The molecule has 0 bridgehead atoms. The minimum absolute atomic E-state index is 0.0511. The lowest BCUT2D eigenvalue weighted by Crippen LogP contribution is -2.23. The quantitative estimate of drug-likeness (QED) is 0.655. The number of nitrogens with one attached hydrogen (secondary N) is 1. The molecule has 0 unspecified atom stereocenters. The molecule has 0 radical (unpaired) electrons. The predicted molar refractivity (Wildman–Crippen MR) is 96.2 cm³/mol. The average molecular weight is 362 g/mol. The van der Waals surface area contributed by atoms with Gasteiger partial charge in [0, 0.05) is 21.7 Å². The summed E-state index contributed by atoms with van der Waals surface area (Å²) in [4.78, 5) is 0. The van der Waals surface area contributed by atoms with E-state index in [0.717, 1.165) is 16.1 Å². The topological polar surface area (TPSA) is 51.0 Å². The highest BCUT2D eigenvalue weighted by Crippen LogP contribution is 2.27. The fraction of sp³-hybridized carbons (Fsp3) is 0.222. The van der Waals surface area contributed by atoms with E-state index < -0.39 is 0 Å². The van der Waals surface area contributed by atoms with E-state index in [-0.39, 0.29) is 12.1 Å². The van der Waals surface area contributed by atoms with Crippen molar-refractivity contribution in [1.82, 2.24) is 15.5 Å². The Labute approximate surface area is 150 Å². The number of nitrogens with zero attached hydrogens (tertiary/aromatic N) is 2. The highest BCUT2D eigenvalue weighted by Gasteiger charge is 2.18. The van der Waals surface area contributed by atoms with Gasteiger partial charge in [0.2, 0.25) is 11.8 Å². The molecule has 1 heterocycles. The van der Waals surface area contributed by atoms with Crippen LogP contribution in [0, 0.1) is 0 Å². The summed E-state index contributed by atoms with van der Waals surface area (Å²) in [6, 6.07) is 15.0. The molecule has 6 heteroatoms. The van der Waals surface area contributed by atoms with Gasteiger partial charge in [-0.25, -0.2) is 0 Å². The first-order valence-electron chi connectivity index (χ1n) is 7.64. The van der Waals surface area contributed by atoms with Crippen LogP contribution in [0.15, 0.2) is 52.9 Å². The minimum atomic E-state index is -0.114. The van der Waals surface area contributed by atoms with Gasteiger partial charge in [0.1, 0.15) is 0 Å². The molecule has 2 aromatic carbocycles. The Morgan fingerprint density at radius 3 is 2.50 bits per heavy atom. The van der Waals surface area contributed by atoms with Crippen molar-refractivity contribution in [2.45, 2.75) is 25.9 Å². The zero-order valence-corrected chi connectivity index (χ0v) is 14.8. The van der Waals surface area contributed by atoms with E-state index >= 15 is 0 Å². The molecule has 3 aromatic rings. The Hall–Kier alpha value is -1.88. The molecule has 0 fully saturated rings. The molecule has 1 N–H and O–H groups in total. The number of rotatable bonds is 5. The molecule has 1 aromatic heterocycles. The molecule has 0 aliphatic heterocycles. The highest BCUT2D eigenvalue weighted by atomic mass is 35.5.